The Balaban J connectivity index is 2.30. The van der Waals surface area contributed by atoms with E-state index in [2.05, 4.69) is 0 Å². The molecule has 19 heavy (non-hydrogen) atoms. The molecule has 104 valence electrons. The quantitative estimate of drug-likeness (QED) is 0.886. The lowest BCUT2D eigenvalue weighted by Crippen LogP contribution is -2.53. The third-order valence-electron chi connectivity index (χ3n) is 3.70. The number of hydrogen-bond acceptors (Lipinski definition) is 2. The van der Waals surface area contributed by atoms with Crippen LogP contribution in [0, 0.1) is 0 Å². The second kappa shape index (κ2) is 4.72. The molecule has 1 aliphatic rings. The molecule has 2 rings (SSSR count). The van der Waals surface area contributed by atoms with Gasteiger partial charge in [0.25, 0.3) is 5.91 Å². The molecule has 0 aliphatic heterocycles. The normalized spacial score (nSPS) is 15.3. The molecule has 0 spiro atoms. The zero-order valence-electron chi connectivity index (χ0n) is 11.6. The first-order valence-corrected chi connectivity index (χ1v) is 6.61. The van der Waals surface area contributed by atoms with E-state index in [1.807, 2.05) is 16.8 Å². The lowest BCUT2D eigenvalue weighted by atomic mass is 10.0. The Morgan fingerprint density at radius 1 is 1.47 bits per heavy atom. The molecule has 1 aromatic rings. The number of aromatic nitrogens is 1. The van der Waals surface area contributed by atoms with Gasteiger partial charge in [0.2, 0.25) is 0 Å². The number of amides is 1. The standard InChI is InChI=1S/C14H20N2O3/c1-4-16(14(2,3)13(18)19)12(17)11-6-5-9-15(11)10-7-8-10/h5-6,9-10H,4,7-8H2,1-3H3,(H,18,19). The summed E-state index contributed by atoms with van der Waals surface area (Å²) in [6.07, 6.45) is 4.07. The Morgan fingerprint density at radius 2 is 2.11 bits per heavy atom. The van der Waals surface area contributed by atoms with E-state index in [0.29, 0.717) is 18.3 Å². The summed E-state index contributed by atoms with van der Waals surface area (Å²) in [6, 6.07) is 4.01. The summed E-state index contributed by atoms with van der Waals surface area (Å²) in [4.78, 5) is 25.3. The smallest absolute Gasteiger partial charge is 0.329 e. The largest absolute Gasteiger partial charge is 0.480 e. The van der Waals surface area contributed by atoms with Gasteiger partial charge in [-0.3, -0.25) is 4.79 Å². The van der Waals surface area contributed by atoms with E-state index in [9.17, 15) is 14.7 Å². The van der Waals surface area contributed by atoms with E-state index in [4.69, 9.17) is 0 Å². The van der Waals surface area contributed by atoms with Crippen LogP contribution in [0.15, 0.2) is 18.3 Å². The van der Waals surface area contributed by atoms with Crippen LogP contribution < -0.4 is 0 Å². The summed E-state index contributed by atoms with van der Waals surface area (Å²) in [7, 11) is 0. The Labute approximate surface area is 112 Å². The Bertz CT molecular complexity index is 501. The number of carbonyl (C=O) groups excluding carboxylic acids is 1. The SMILES string of the molecule is CCN(C(=O)c1cccn1C1CC1)C(C)(C)C(=O)O. The molecule has 1 heterocycles. The number of carbonyl (C=O) groups is 2. The zero-order chi connectivity index (χ0) is 14.2. The van der Waals surface area contributed by atoms with E-state index in [1.165, 1.54) is 4.90 Å². The summed E-state index contributed by atoms with van der Waals surface area (Å²) in [5.74, 6) is -1.21. The van der Waals surface area contributed by atoms with E-state index in [1.54, 1.807) is 26.8 Å². The molecule has 1 fully saturated rings. The first-order valence-electron chi connectivity index (χ1n) is 6.61. The van der Waals surface area contributed by atoms with Crippen LogP contribution in [0.2, 0.25) is 0 Å². The molecule has 0 aromatic carbocycles. The van der Waals surface area contributed by atoms with E-state index >= 15 is 0 Å². The van der Waals surface area contributed by atoms with E-state index in [-0.39, 0.29) is 5.91 Å². The van der Waals surface area contributed by atoms with Crippen molar-refractivity contribution < 1.29 is 14.7 Å². The molecule has 0 bridgehead atoms. The number of aliphatic carboxylic acids is 1. The van der Waals surface area contributed by atoms with Crippen LogP contribution >= 0.6 is 0 Å². The average molecular weight is 264 g/mol. The number of hydrogen-bond donors (Lipinski definition) is 1. The maximum absolute atomic E-state index is 12.6. The summed E-state index contributed by atoms with van der Waals surface area (Å²) < 4.78 is 1.96. The van der Waals surface area contributed by atoms with Gasteiger partial charge in [-0.1, -0.05) is 0 Å². The van der Waals surface area contributed by atoms with Gasteiger partial charge >= 0.3 is 5.97 Å². The fourth-order valence-corrected chi connectivity index (χ4v) is 2.29. The molecule has 1 aromatic heterocycles. The van der Waals surface area contributed by atoms with Crippen molar-refractivity contribution >= 4 is 11.9 Å². The molecule has 0 saturated heterocycles. The molecule has 1 N–H and O–H groups in total. The van der Waals surface area contributed by atoms with E-state index < -0.39 is 11.5 Å². The summed E-state index contributed by atoms with van der Waals surface area (Å²) >= 11 is 0. The minimum atomic E-state index is -1.20. The molecule has 5 heteroatoms. The van der Waals surface area contributed by atoms with Gasteiger partial charge in [-0.2, -0.15) is 0 Å². The highest BCUT2D eigenvalue weighted by atomic mass is 16.4. The molecule has 0 unspecified atom stereocenters. The van der Waals surface area contributed by atoms with Crippen LogP contribution in [-0.2, 0) is 4.79 Å². The molecular weight excluding hydrogens is 244 g/mol. The van der Waals surface area contributed by atoms with Crippen LogP contribution in [0.3, 0.4) is 0 Å². The number of carboxylic acids is 1. The Morgan fingerprint density at radius 3 is 2.58 bits per heavy atom. The van der Waals surface area contributed by atoms with Gasteiger partial charge in [0.1, 0.15) is 11.2 Å². The molecule has 1 saturated carbocycles. The Kier molecular flexibility index (Phi) is 3.39. The number of carboxylic acid groups (broad SMARTS) is 1. The fourth-order valence-electron chi connectivity index (χ4n) is 2.29. The summed E-state index contributed by atoms with van der Waals surface area (Å²) in [6.45, 7) is 5.28. The molecule has 5 nitrogen and oxygen atoms in total. The van der Waals surface area contributed by atoms with Crippen molar-refractivity contribution in [1.29, 1.82) is 0 Å². The lowest BCUT2D eigenvalue weighted by Gasteiger charge is -2.34. The van der Waals surface area contributed by atoms with Gasteiger partial charge in [-0.25, -0.2) is 4.79 Å². The van der Waals surface area contributed by atoms with Crippen molar-refractivity contribution in [1.82, 2.24) is 9.47 Å². The maximum Gasteiger partial charge on any atom is 0.329 e. The van der Waals surface area contributed by atoms with Crippen LogP contribution in [0.25, 0.3) is 0 Å². The monoisotopic (exact) mass is 264 g/mol. The third-order valence-corrected chi connectivity index (χ3v) is 3.70. The van der Waals surface area contributed by atoms with Crippen molar-refractivity contribution in [3.63, 3.8) is 0 Å². The second-order valence-electron chi connectivity index (χ2n) is 5.45. The number of likely N-dealkylation sites (N-methyl/N-ethyl adjacent to an activating group) is 1. The van der Waals surface area contributed by atoms with Gasteiger partial charge in [0.15, 0.2) is 0 Å². The lowest BCUT2D eigenvalue weighted by molar-refractivity contribution is -0.147. The first-order chi connectivity index (χ1) is 8.89. The van der Waals surface area contributed by atoms with Crippen molar-refractivity contribution in [2.24, 2.45) is 0 Å². The van der Waals surface area contributed by atoms with Gasteiger partial charge in [-0.05, 0) is 45.7 Å². The highest BCUT2D eigenvalue weighted by molar-refractivity contribution is 5.96. The fraction of sp³-hybridized carbons (Fsp3) is 0.571. The predicted octanol–water partition coefficient (Wildman–Crippen LogP) is 2.15. The van der Waals surface area contributed by atoms with Crippen molar-refractivity contribution in [2.75, 3.05) is 6.54 Å². The highest BCUT2D eigenvalue weighted by Gasteiger charge is 2.39. The van der Waals surface area contributed by atoms with Crippen molar-refractivity contribution in [3.8, 4) is 0 Å². The van der Waals surface area contributed by atoms with Crippen LogP contribution in [-0.4, -0.2) is 38.5 Å². The molecule has 0 radical (unpaired) electrons. The van der Waals surface area contributed by atoms with Crippen molar-refractivity contribution in [2.45, 2.75) is 45.2 Å². The van der Waals surface area contributed by atoms with Gasteiger partial charge < -0.3 is 14.6 Å². The van der Waals surface area contributed by atoms with E-state index in [0.717, 1.165) is 12.8 Å². The van der Waals surface area contributed by atoms with Gasteiger partial charge in [-0.15, -0.1) is 0 Å². The molecule has 0 atom stereocenters. The average Bonchev–Trinajstić information content (AvgIpc) is 3.07. The molecular formula is C14H20N2O3. The predicted molar refractivity (Wildman–Crippen MR) is 71.1 cm³/mol. The van der Waals surface area contributed by atoms with Crippen LogP contribution in [0.1, 0.15) is 50.1 Å². The minimum absolute atomic E-state index is 0.216. The van der Waals surface area contributed by atoms with Crippen molar-refractivity contribution in [3.05, 3.63) is 24.0 Å². The first kappa shape index (κ1) is 13.6. The van der Waals surface area contributed by atoms with Crippen LogP contribution in [0.5, 0.6) is 0 Å². The Hall–Kier alpha value is -1.78. The maximum atomic E-state index is 12.6. The minimum Gasteiger partial charge on any atom is -0.480 e. The topological polar surface area (TPSA) is 62.5 Å². The van der Waals surface area contributed by atoms with Gasteiger partial charge in [0, 0.05) is 18.8 Å². The van der Waals surface area contributed by atoms with Gasteiger partial charge in [0.05, 0.1) is 0 Å². The van der Waals surface area contributed by atoms with Crippen LogP contribution in [0.4, 0.5) is 0 Å². The third kappa shape index (κ3) is 2.37. The number of rotatable bonds is 5. The number of nitrogens with zero attached hydrogens (tertiary/aromatic N) is 2. The molecule has 1 amide bonds. The zero-order valence-corrected chi connectivity index (χ0v) is 11.6. The molecule has 1 aliphatic carbocycles. The second-order valence-corrected chi connectivity index (χ2v) is 5.45. The summed E-state index contributed by atoms with van der Waals surface area (Å²) in [5, 5.41) is 9.28. The highest BCUT2D eigenvalue weighted by Crippen LogP contribution is 2.36. The summed E-state index contributed by atoms with van der Waals surface area (Å²) in [5.41, 5.74) is -0.622.